The average molecular weight is 349 g/mol. The normalized spacial score (nSPS) is 15.1. The van der Waals surface area contributed by atoms with Gasteiger partial charge in [0.05, 0.1) is 23.5 Å². The first-order valence-electron chi connectivity index (χ1n) is 6.86. The molecular formula is C14H21ClN2O4S. The molecule has 6 nitrogen and oxygen atoms in total. The summed E-state index contributed by atoms with van der Waals surface area (Å²) in [5.74, 6) is 0.0168. The van der Waals surface area contributed by atoms with Crippen molar-refractivity contribution in [2.24, 2.45) is 0 Å². The van der Waals surface area contributed by atoms with E-state index in [1.165, 1.54) is 12.8 Å². The molecule has 0 bridgehead atoms. The third-order valence-corrected chi connectivity index (χ3v) is 3.37. The standard InChI is InChI=1S/C13H17ClN2O.CH4O3S/c1-10-5-4-6-11(14)13(10)15-12(17)9-16-7-2-3-8-16;1-5(2,3)4/h4-6H,2-3,7-9H2,1H3,(H,15,17);1H3,(H,2,3,4). The van der Waals surface area contributed by atoms with Gasteiger partial charge in [0.1, 0.15) is 0 Å². The molecule has 1 aromatic carbocycles. The van der Waals surface area contributed by atoms with Crippen LogP contribution in [-0.2, 0) is 14.9 Å². The number of rotatable bonds is 3. The first-order valence-corrected chi connectivity index (χ1v) is 9.09. The van der Waals surface area contributed by atoms with Crippen LogP contribution in [0.3, 0.4) is 0 Å². The highest BCUT2D eigenvalue weighted by Crippen LogP contribution is 2.25. The van der Waals surface area contributed by atoms with E-state index < -0.39 is 10.1 Å². The molecule has 1 fully saturated rings. The quantitative estimate of drug-likeness (QED) is 0.818. The summed E-state index contributed by atoms with van der Waals surface area (Å²) in [6, 6.07) is 5.62. The molecule has 1 amide bonds. The first-order chi connectivity index (χ1) is 10.2. The zero-order valence-corrected chi connectivity index (χ0v) is 14.2. The Labute approximate surface area is 136 Å². The van der Waals surface area contributed by atoms with Crippen molar-refractivity contribution >= 4 is 33.3 Å². The number of halogens is 1. The van der Waals surface area contributed by atoms with Crippen molar-refractivity contribution < 1.29 is 17.8 Å². The van der Waals surface area contributed by atoms with Crippen molar-refractivity contribution in [3.8, 4) is 0 Å². The number of hydrogen-bond donors (Lipinski definition) is 2. The van der Waals surface area contributed by atoms with Crippen molar-refractivity contribution in [2.45, 2.75) is 19.8 Å². The summed E-state index contributed by atoms with van der Waals surface area (Å²) >= 11 is 6.06. The summed E-state index contributed by atoms with van der Waals surface area (Å²) < 4.78 is 25.9. The zero-order valence-electron chi connectivity index (χ0n) is 12.7. The molecule has 0 spiro atoms. The molecule has 0 aliphatic carbocycles. The number of hydrogen-bond acceptors (Lipinski definition) is 4. The number of likely N-dealkylation sites (tertiary alicyclic amines) is 1. The van der Waals surface area contributed by atoms with Gasteiger partial charge in [-0.25, -0.2) is 0 Å². The van der Waals surface area contributed by atoms with E-state index in [0.717, 1.165) is 24.3 Å². The van der Waals surface area contributed by atoms with Gasteiger partial charge in [-0.1, -0.05) is 23.7 Å². The molecule has 0 unspecified atom stereocenters. The number of nitrogens with zero attached hydrogens (tertiary/aromatic N) is 1. The summed E-state index contributed by atoms with van der Waals surface area (Å²) in [6.45, 7) is 4.45. The third-order valence-electron chi connectivity index (χ3n) is 3.05. The van der Waals surface area contributed by atoms with Gasteiger partial charge in [-0.05, 0) is 44.5 Å². The van der Waals surface area contributed by atoms with Crippen LogP contribution in [0.2, 0.25) is 5.02 Å². The minimum atomic E-state index is -3.67. The van der Waals surface area contributed by atoms with Crippen LogP contribution in [0, 0.1) is 6.92 Å². The summed E-state index contributed by atoms with van der Waals surface area (Å²) in [5.41, 5.74) is 1.73. The van der Waals surface area contributed by atoms with Crippen LogP contribution in [0.4, 0.5) is 5.69 Å². The Kier molecular flexibility index (Phi) is 7.28. The van der Waals surface area contributed by atoms with Crippen molar-refractivity contribution in [3.05, 3.63) is 28.8 Å². The van der Waals surface area contributed by atoms with Gasteiger partial charge < -0.3 is 5.32 Å². The molecule has 0 aromatic heterocycles. The van der Waals surface area contributed by atoms with Gasteiger partial charge in [-0.2, -0.15) is 8.42 Å². The lowest BCUT2D eigenvalue weighted by molar-refractivity contribution is -0.117. The molecule has 0 radical (unpaired) electrons. The SMILES string of the molecule is CS(=O)(=O)O.Cc1cccc(Cl)c1NC(=O)CN1CCCC1. The van der Waals surface area contributed by atoms with Crippen LogP contribution in [0.25, 0.3) is 0 Å². The number of amides is 1. The molecule has 124 valence electrons. The Morgan fingerprint density at radius 2 is 1.91 bits per heavy atom. The number of carbonyl (C=O) groups excluding carboxylic acids is 1. The molecule has 2 rings (SSSR count). The lowest BCUT2D eigenvalue weighted by atomic mass is 10.2. The van der Waals surface area contributed by atoms with E-state index in [1.54, 1.807) is 6.07 Å². The number of aryl methyl sites for hydroxylation is 1. The number of nitrogens with one attached hydrogen (secondary N) is 1. The summed E-state index contributed by atoms with van der Waals surface area (Å²) in [4.78, 5) is 14.0. The average Bonchev–Trinajstić information content (AvgIpc) is 2.85. The van der Waals surface area contributed by atoms with Gasteiger partial charge in [0.2, 0.25) is 5.91 Å². The second kappa shape index (κ2) is 8.47. The maximum absolute atomic E-state index is 11.9. The molecule has 8 heteroatoms. The Hall–Kier alpha value is -1.15. The molecular weight excluding hydrogens is 328 g/mol. The van der Waals surface area contributed by atoms with Crippen LogP contribution in [-0.4, -0.2) is 49.7 Å². The topological polar surface area (TPSA) is 86.7 Å². The fraction of sp³-hybridized carbons (Fsp3) is 0.500. The second-order valence-electron chi connectivity index (χ2n) is 5.20. The van der Waals surface area contributed by atoms with Crippen molar-refractivity contribution in [3.63, 3.8) is 0 Å². The van der Waals surface area contributed by atoms with Gasteiger partial charge in [0.15, 0.2) is 0 Å². The number of anilines is 1. The van der Waals surface area contributed by atoms with Crippen molar-refractivity contribution in [2.75, 3.05) is 31.2 Å². The van der Waals surface area contributed by atoms with Crippen LogP contribution in [0.5, 0.6) is 0 Å². The Morgan fingerprint density at radius 3 is 2.41 bits per heavy atom. The maximum atomic E-state index is 11.9. The van der Waals surface area contributed by atoms with Crippen LogP contribution in [0.1, 0.15) is 18.4 Å². The predicted octanol–water partition coefficient (Wildman–Crippen LogP) is 2.19. The van der Waals surface area contributed by atoms with E-state index in [2.05, 4.69) is 10.2 Å². The summed E-state index contributed by atoms with van der Waals surface area (Å²) in [7, 11) is -3.67. The number of carbonyl (C=O) groups is 1. The fourth-order valence-electron chi connectivity index (χ4n) is 2.11. The van der Waals surface area contributed by atoms with E-state index in [9.17, 15) is 13.2 Å². The van der Waals surface area contributed by atoms with Gasteiger partial charge in [0, 0.05) is 0 Å². The van der Waals surface area contributed by atoms with E-state index in [4.69, 9.17) is 16.2 Å². The lowest BCUT2D eigenvalue weighted by Gasteiger charge is -2.15. The van der Waals surface area contributed by atoms with Gasteiger partial charge >= 0.3 is 0 Å². The van der Waals surface area contributed by atoms with E-state index in [-0.39, 0.29) is 5.91 Å². The largest absolute Gasteiger partial charge is 0.323 e. The highest BCUT2D eigenvalue weighted by Gasteiger charge is 2.16. The molecule has 1 saturated heterocycles. The Bertz CT molecular complexity index is 585. The van der Waals surface area contributed by atoms with Gasteiger partial charge in [0.25, 0.3) is 10.1 Å². The first kappa shape index (κ1) is 18.9. The molecule has 1 heterocycles. The molecule has 2 N–H and O–H groups in total. The molecule has 1 aliphatic rings. The molecule has 1 aliphatic heterocycles. The Morgan fingerprint density at radius 1 is 1.36 bits per heavy atom. The minimum absolute atomic E-state index is 0.0168. The van der Waals surface area contributed by atoms with Gasteiger partial charge in [-0.15, -0.1) is 0 Å². The lowest BCUT2D eigenvalue weighted by Crippen LogP contribution is -2.31. The zero-order chi connectivity index (χ0) is 16.8. The summed E-state index contributed by atoms with van der Waals surface area (Å²) in [5, 5.41) is 3.49. The van der Waals surface area contributed by atoms with Crippen LogP contribution >= 0.6 is 11.6 Å². The Balaban J connectivity index is 0.000000422. The van der Waals surface area contributed by atoms with E-state index in [0.29, 0.717) is 17.8 Å². The monoisotopic (exact) mass is 348 g/mol. The molecule has 0 atom stereocenters. The second-order valence-corrected chi connectivity index (χ2v) is 7.07. The molecule has 22 heavy (non-hydrogen) atoms. The van der Waals surface area contributed by atoms with Crippen molar-refractivity contribution in [1.29, 1.82) is 0 Å². The molecule has 0 saturated carbocycles. The van der Waals surface area contributed by atoms with E-state index >= 15 is 0 Å². The highest BCUT2D eigenvalue weighted by atomic mass is 35.5. The smallest absolute Gasteiger partial charge is 0.261 e. The van der Waals surface area contributed by atoms with Crippen LogP contribution in [0.15, 0.2) is 18.2 Å². The van der Waals surface area contributed by atoms with Gasteiger partial charge in [-0.3, -0.25) is 14.2 Å². The van der Waals surface area contributed by atoms with E-state index in [1.807, 2.05) is 19.1 Å². The highest BCUT2D eigenvalue weighted by molar-refractivity contribution is 7.85. The summed E-state index contributed by atoms with van der Waals surface area (Å²) in [6.07, 6.45) is 3.10. The van der Waals surface area contributed by atoms with Crippen LogP contribution < -0.4 is 5.32 Å². The minimum Gasteiger partial charge on any atom is -0.323 e. The maximum Gasteiger partial charge on any atom is 0.261 e. The predicted molar refractivity (Wildman–Crippen MR) is 88.0 cm³/mol. The number of para-hydroxylation sites is 1. The van der Waals surface area contributed by atoms with Crippen molar-refractivity contribution in [1.82, 2.24) is 4.90 Å². The number of benzene rings is 1. The molecule has 1 aromatic rings. The third kappa shape index (κ3) is 7.74. The fourth-order valence-corrected chi connectivity index (χ4v) is 2.38.